The molecule has 0 aromatic heterocycles. The number of rotatable bonds is 1. The molecule has 0 amide bonds. The molecule has 1 rings (SSSR count). The summed E-state index contributed by atoms with van der Waals surface area (Å²) in [6.45, 7) is -0.0669. The molecule has 3 heteroatoms. The number of aliphatic hydroxyl groups is 3. The van der Waals surface area contributed by atoms with E-state index in [-0.39, 0.29) is 12.5 Å². The molecule has 0 radical (unpaired) electrons. The van der Waals surface area contributed by atoms with Gasteiger partial charge in [0.15, 0.2) is 0 Å². The molecule has 0 bridgehead atoms. The normalized spacial score (nSPS) is 40.1. The third kappa shape index (κ3) is 1.37. The summed E-state index contributed by atoms with van der Waals surface area (Å²) >= 11 is 0. The number of aliphatic hydroxyl groups excluding tert-OH is 3. The lowest BCUT2D eigenvalue weighted by atomic mass is 9.90. The van der Waals surface area contributed by atoms with E-state index in [1.165, 1.54) is 0 Å². The summed E-state index contributed by atoms with van der Waals surface area (Å²) in [5, 5.41) is 26.9. The van der Waals surface area contributed by atoms with Gasteiger partial charge in [-0.3, -0.25) is 0 Å². The summed E-state index contributed by atoms with van der Waals surface area (Å²) in [5.41, 5.74) is 0. The van der Waals surface area contributed by atoms with E-state index in [4.69, 9.17) is 10.2 Å². The van der Waals surface area contributed by atoms with Crippen molar-refractivity contribution in [2.75, 3.05) is 6.61 Å². The zero-order chi connectivity index (χ0) is 7.56. The van der Waals surface area contributed by atoms with Crippen LogP contribution in [0.25, 0.3) is 0 Å². The highest BCUT2D eigenvalue weighted by molar-refractivity contribution is 5.01. The molecule has 1 aliphatic rings. The van der Waals surface area contributed by atoms with Gasteiger partial charge in [0.1, 0.15) is 0 Å². The zero-order valence-corrected chi connectivity index (χ0v) is 5.64. The molecule has 0 fully saturated rings. The van der Waals surface area contributed by atoms with E-state index in [0.29, 0.717) is 6.42 Å². The summed E-state index contributed by atoms with van der Waals surface area (Å²) in [7, 11) is 0. The van der Waals surface area contributed by atoms with Gasteiger partial charge in [0.05, 0.1) is 12.2 Å². The van der Waals surface area contributed by atoms with Crippen LogP contribution in [-0.4, -0.2) is 34.1 Å². The summed E-state index contributed by atoms with van der Waals surface area (Å²) in [5.74, 6) is -0.194. The number of hydrogen-bond acceptors (Lipinski definition) is 3. The van der Waals surface area contributed by atoms with Gasteiger partial charge in [-0.1, -0.05) is 12.2 Å². The van der Waals surface area contributed by atoms with Crippen LogP contribution in [0.15, 0.2) is 12.2 Å². The minimum atomic E-state index is -0.800. The first-order valence-electron chi connectivity index (χ1n) is 3.39. The molecule has 0 aromatic carbocycles. The highest BCUT2D eigenvalue weighted by Crippen LogP contribution is 2.18. The van der Waals surface area contributed by atoms with E-state index >= 15 is 0 Å². The van der Waals surface area contributed by atoms with Crippen molar-refractivity contribution in [1.82, 2.24) is 0 Å². The maximum Gasteiger partial charge on any atom is 0.0983 e. The first-order valence-corrected chi connectivity index (χ1v) is 3.39. The molecule has 3 N–H and O–H groups in total. The first kappa shape index (κ1) is 7.72. The van der Waals surface area contributed by atoms with E-state index in [1.54, 1.807) is 12.2 Å². The molecule has 10 heavy (non-hydrogen) atoms. The van der Waals surface area contributed by atoms with Gasteiger partial charge in [-0.25, -0.2) is 0 Å². The molecule has 58 valence electrons. The second-order valence-electron chi connectivity index (χ2n) is 2.59. The molecular weight excluding hydrogens is 132 g/mol. The molecule has 0 heterocycles. The standard InChI is InChI=1S/C7H12O3/c8-4-5-2-1-3-6(9)7(5)10/h1,3,5-10H,2,4H2/t5-,6-,7-/m0/s1. The van der Waals surface area contributed by atoms with Crippen molar-refractivity contribution in [2.45, 2.75) is 18.6 Å². The van der Waals surface area contributed by atoms with Gasteiger partial charge in [0.25, 0.3) is 0 Å². The maximum atomic E-state index is 9.18. The Bertz CT molecular complexity index is 133. The van der Waals surface area contributed by atoms with Crippen LogP contribution in [0.4, 0.5) is 0 Å². The summed E-state index contributed by atoms with van der Waals surface area (Å²) < 4.78 is 0. The fourth-order valence-corrected chi connectivity index (χ4v) is 1.11. The Morgan fingerprint density at radius 3 is 2.60 bits per heavy atom. The highest BCUT2D eigenvalue weighted by atomic mass is 16.3. The van der Waals surface area contributed by atoms with Crippen LogP contribution in [0.3, 0.4) is 0 Å². The average Bonchev–Trinajstić information content (AvgIpc) is 1.95. The highest BCUT2D eigenvalue weighted by Gasteiger charge is 2.25. The van der Waals surface area contributed by atoms with Crippen molar-refractivity contribution >= 4 is 0 Å². The predicted octanol–water partition coefficient (Wildman–Crippen LogP) is -0.723. The van der Waals surface area contributed by atoms with Crippen LogP contribution in [0.1, 0.15) is 6.42 Å². The van der Waals surface area contributed by atoms with Crippen molar-refractivity contribution in [3.8, 4) is 0 Å². The van der Waals surface area contributed by atoms with Crippen LogP contribution in [-0.2, 0) is 0 Å². The van der Waals surface area contributed by atoms with Gasteiger partial charge < -0.3 is 15.3 Å². The van der Waals surface area contributed by atoms with E-state index in [2.05, 4.69) is 0 Å². The minimum Gasteiger partial charge on any atom is -0.396 e. The molecule has 0 aromatic rings. The van der Waals surface area contributed by atoms with Crippen LogP contribution >= 0.6 is 0 Å². The van der Waals surface area contributed by atoms with Crippen molar-refractivity contribution < 1.29 is 15.3 Å². The lowest BCUT2D eigenvalue weighted by molar-refractivity contribution is -0.0155. The van der Waals surface area contributed by atoms with Gasteiger partial charge in [-0.2, -0.15) is 0 Å². The monoisotopic (exact) mass is 144 g/mol. The topological polar surface area (TPSA) is 60.7 Å². The van der Waals surface area contributed by atoms with Crippen LogP contribution in [0.2, 0.25) is 0 Å². The van der Waals surface area contributed by atoms with E-state index in [9.17, 15) is 5.11 Å². The quantitative estimate of drug-likeness (QED) is 0.425. The zero-order valence-electron chi connectivity index (χ0n) is 5.64. The molecular formula is C7H12O3. The van der Waals surface area contributed by atoms with Crippen molar-refractivity contribution in [3.63, 3.8) is 0 Å². The number of hydrogen-bond donors (Lipinski definition) is 3. The smallest absolute Gasteiger partial charge is 0.0983 e. The molecule has 0 aliphatic heterocycles. The van der Waals surface area contributed by atoms with Gasteiger partial charge in [0.2, 0.25) is 0 Å². The van der Waals surface area contributed by atoms with Crippen LogP contribution < -0.4 is 0 Å². The predicted molar refractivity (Wildman–Crippen MR) is 36.3 cm³/mol. The Hall–Kier alpha value is -0.380. The minimum absolute atomic E-state index is 0.0669. The third-order valence-corrected chi connectivity index (χ3v) is 1.84. The summed E-state index contributed by atoms with van der Waals surface area (Å²) in [4.78, 5) is 0. The van der Waals surface area contributed by atoms with E-state index in [0.717, 1.165) is 0 Å². The Labute approximate surface area is 59.6 Å². The van der Waals surface area contributed by atoms with Gasteiger partial charge in [-0.05, 0) is 6.42 Å². The average molecular weight is 144 g/mol. The van der Waals surface area contributed by atoms with Crippen molar-refractivity contribution in [2.24, 2.45) is 5.92 Å². The lowest BCUT2D eigenvalue weighted by Crippen LogP contribution is -2.36. The molecule has 3 nitrogen and oxygen atoms in total. The Morgan fingerprint density at radius 1 is 1.40 bits per heavy atom. The Balaban J connectivity index is 2.56. The van der Waals surface area contributed by atoms with Crippen molar-refractivity contribution in [3.05, 3.63) is 12.2 Å². The van der Waals surface area contributed by atoms with Gasteiger partial charge in [0, 0.05) is 12.5 Å². The van der Waals surface area contributed by atoms with Gasteiger partial charge >= 0.3 is 0 Å². The SMILES string of the molecule is OC[C@@H]1CC=C[C@H](O)[C@H]1O. The lowest BCUT2D eigenvalue weighted by Gasteiger charge is -2.25. The molecule has 1 aliphatic carbocycles. The third-order valence-electron chi connectivity index (χ3n) is 1.84. The van der Waals surface area contributed by atoms with E-state index in [1.807, 2.05) is 0 Å². The Kier molecular flexibility index (Phi) is 2.43. The second-order valence-corrected chi connectivity index (χ2v) is 2.59. The molecule has 0 saturated carbocycles. The first-order chi connectivity index (χ1) is 4.75. The van der Waals surface area contributed by atoms with Gasteiger partial charge in [-0.15, -0.1) is 0 Å². The van der Waals surface area contributed by atoms with E-state index < -0.39 is 12.2 Å². The molecule has 0 spiro atoms. The van der Waals surface area contributed by atoms with Crippen LogP contribution in [0, 0.1) is 5.92 Å². The summed E-state index contributed by atoms with van der Waals surface area (Å²) in [6.07, 6.45) is 2.38. The largest absolute Gasteiger partial charge is 0.396 e. The number of allylic oxidation sites excluding steroid dienone is 1. The fourth-order valence-electron chi connectivity index (χ4n) is 1.11. The fraction of sp³-hybridized carbons (Fsp3) is 0.714. The van der Waals surface area contributed by atoms with Crippen molar-refractivity contribution in [1.29, 1.82) is 0 Å². The molecule has 3 atom stereocenters. The second kappa shape index (κ2) is 3.14. The maximum absolute atomic E-state index is 9.18. The van der Waals surface area contributed by atoms with Crippen LogP contribution in [0.5, 0.6) is 0 Å². The summed E-state index contributed by atoms with van der Waals surface area (Å²) in [6, 6.07) is 0. The molecule has 0 saturated heterocycles. The molecule has 0 unspecified atom stereocenters. The Morgan fingerprint density at radius 2 is 2.10 bits per heavy atom.